The maximum Gasteiger partial charge on any atom is 0.323 e. The van der Waals surface area contributed by atoms with Gasteiger partial charge in [-0.25, -0.2) is 13.1 Å². The number of carbonyl (C=O) groups excluding carboxylic acids is 1. The summed E-state index contributed by atoms with van der Waals surface area (Å²) in [6.07, 6.45) is 1.42. The molecule has 1 aliphatic rings. The Kier molecular flexibility index (Phi) is 7.75. The molecule has 0 amide bonds. The number of fused-ring (bicyclic) bond motifs is 1. The van der Waals surface area contributed by atoms with Crippen LogP contribution in [0.25, 0.3) is 0 Å². The summed E-state index contributed by atoms with van der Waals surface area (Å²) >= 11 is 0. The lowest BCUT2D eigenvalue weighted by molar-refractivity contribution is -0.156. The van der Waals surface area contributed by atoms with E-state index < -0.39 is 27.6 Å². The summed E-state index contributed by atoms with van der Waals surface area (Å²) in [7, 11) is -3.95. The van der Waals surface area contributed by atoms with Crippen molar-refractivity contribution in [3.63, 3.8) is 0 Å². The number of guanidine groups is 1. The number of ether oxygens (including phenoxy) is 2. The van der Waals surface area contributed by atoms with Gasteiger partial charge in [0.2, 0.25) is 5.96 Å². The highest BCUT2D eigenvalue weighted by molar-refractivity contribution is 7.90. The van der Waals surface area contributed by atoms with Gasteiger partial charge in [0.15, 0.2) is 0 Å². The van der Waals surface area contributed by atoms with E-state index in [2.05, 4.69) is 9.71 Å². The zero-order chi connectivity index (χ0) is 25.4. The number of rotatable bonds is 7. The van der Waals surface area contributed by atoms with Crippen LogP contribution in [0.4, 0.5) is 0 Å². The molecule has 0 saturated heterocycles. The fourth-order valence-corrected chi connectivity index (χ4v) is 5.40. The van der Waals surface area contributed by atoms with Crippen LogP contribution in [0.1, 0.15) is 69.7 Å². The van der Waals surface area contributed by atoms with Crippen LogP contribution in [0.2, 0.25) is 0 Å². The first-order chi connectivity index (χ1) is 14.9. The molecule has 33 heavy (non-hydrogen) atoms. The van der Waals surface area contributed by atoms with Gasteiger partial charge in [0.1, 0.15) is 23.0 Å². The van der Waals surface area contributed by atoms with Gasteiger partial charge in [-0.3, -0.25) is 9.79 Å². The van der Waals surface area contributed by atoms with Crippen molar-refractivity contribution in [2.75, 3.05) is 6.54 Å². The number of sulfonamides is 1. The van der Waals surface area contributed by atoms with Crippen molar-refractivity contribution in [1.29, 1.82) is 0 Å². The molecule has 186 valence electrons. The summed E-state index contributed by atoms with van der Waals surface area (Å²) in [5, 5.41) is 0. The average Bonchev–Trinajstić information content (AvgIpc) is 2.97. The maximum atomic E-state index is 13.2. The topological polar surface area (TPSA) is 146 Å². The van der Waals surface area contributed by atoms with Crippen LogP contribution in [0.3, 0.4) is 0 Å². The van der Waals surface area contributed by atoms with Crippen LogP contribution < -0.4 is 20.9 Å². The third-order valence-corrected chi connectivity index (χ3v) is 7.09. The second-order valence-electron chi connectivity index (χ2n) is 10.2. The number of hydrogen-bond acceptors (Lipinski definition) is 7. The zero-order valence-corrected chi connectivity index (χ0v) is 21.8. The number of nitrogens with zero attached hydrogens (tertiary/aromatic N) is 1. The quantitative estimate of drug-likeness (QED) is 0.234. The number of aliphatic imine (C=N–C) groups is 1. The molecule has 5 N–H and O–H groups in total. The third kappa shape index (κ3) is 6.60. The average molecular weight is 483 g/mol. The Morgan fingerprint density at radius 3 is 2.39 bits per heavy atom. The summed E-state index contributed by atoms with van der Waals surface area (Å²) < 4.78 is 40.0. The first-order valence-corrected chi connectivity index (χ1v) is 12.6. The lowest BCUT2D eigenvalue weighted by Crippen LogP contribution is -2.38. The lowest BCUT2D eigenvalue weighted by Gasteiger charge is -2.22. The Balaban J connectivity index is 2.09. The highest BCUT2D eigenvalue weighted by Gasteiger charge is 2.36. The molecule has 1 atom stereocenters. The molecule has 0 spiro atoms. The Hall–Kier alpha value is -2.33. The largest absolute Gasteiger partial charge is 0.487 e. The van der Waals surface area contributed by atoms with E-state index in [1.807, 2.05) is 20.8 Å². The van der Waals surface area contributed by atoms with Crippen molar-refractivity contribution in [3.05, 3.63) is 22.3 Å². The monoisotopic (exact) mass is 482 g/mol. The number of benzene rings is 1. The molecule has 0 saturated carbocycles. The molecule has 1 aliphatic heterocycles. The highest BCUT2D eigenvalue weighted by atomic mass is 32.2. The summed E-state index contributed by atoms with van der Waals surface area (Å²) in [6.45, 7) is 14.9. The van der Waals surface area contributed by atoms with Gasteiger partial charge in [-0.1, -0.05) is 0 Å². The standard InChI is InChI=1S/C23H38N4O5S/c1-13-14(2)19(15(3)16-12-23(7,8)31-18(13)16)33(29,30)27-21(25)26-11-9-10-17(24)20(28)32-22(4,5)6/h17H,9-12,24H2,1-8H3,(H3,25,26,27). The molecule has 2 rings (SSSR count). The molecule has 0 radical (unpaired) electrons. The Morgan fingerprint density at radius 1 is 1.21 bits per heavy atom. The van der Waals surface area contributed by atoms with Crippen LogP contribution in [0, 0.1) is 20.8 Å². The highest BCUT2D eigenvalue weighted by Crippen LogP contribution is 2.43. The van der Waals surface area contributed by atoms with Crippen molar-refractivity contribution in [3.8, 4) is 5.75 Å². The Bertz CT molecular complexity index is 1060. The van der Waals surface area contributed by atoms with Gasteiger partial charge < -0.3 is 20.9 Å². The third-order valence-electron chi connectivity index (χ3n) is 5.46. The van der Waals surface area contributed by atoms with Crippen molar-refractivity contribution >= 4 is 22.0 Å². The van der Waals surface area contributed by atoms with E-state index >= 15 is 0 Å². The van der Waals surface area contributed by atoms with Crippen molar-refractivity contribution in [1.82, 2.24) is 4.72 Å². The number of carbonyl (C=O) groups is 1. The van der Waals surface area contributed by atoms with Crippen LogP contribution in [0.15, 0.2) is 9.89 Å². The van der Waals surface area contributed by atoms with E-state index in [1.54, 1.807) is 34.6 Å². The van der Waals surface area contributed by atoms with E-state index in [0.29, 0.717) is 30.4 Å². The number of esters is 1. The van der Waals surface area contributed by atoms with E-state index in [0.717, 1.165) is 16.9 Å². The van der Waals surface area contributed by atoms with Gasteiger partial charge in [-0.15, -0.1) is 0 Å². The molecule has 0 aromatic heterocycles. The minimum atomic E-state index is -3.95. The molecular formula is C23H38N4O5S. The maximum absolute atomic E-state index is 13.2. The molecule has 1 unspecified atom stereocenters. The van der Waals surface area contributed by atoms with E-state index in [4.69, 9.17) is 20.9 Å². The zero-order valence-electron chi connectivity index (χ0n) is 21.0. The minimum absolute atomic E-state index is 0.199. The first kappa shape index (κ1) is 26.9. The van der Waals surface area contributed by atoms with E-state index in [-0.39, 0.29) is 23.0 Å². The summed E-state index contributed by atoms with van der Waals surface area (Å²) in [5.41, 5.74) is 13.7. The van der Waals surface area contributed by atoms with Gasteiger partial charge in [0, 0.05) is 18.5 Å². The second-order valence-corrected chi connectivity index (χ2v) is 11.8. The van der Waals surface area contributed by atoms with Crippen molar-refractivity contribution in [2.24, 2.45) is 16.5 Å². The molecule has 9 nitrogen and oxygen atoms in total. The van der Waals surface area contributed by atoms with Crippen LogP contribution in [-0.4, -0.2) is 44.1 Å². The van der Waals surface area contributed by atoms with Crippen LogP contribution >= 0.6 is 0 Å². The van der Waals surface area contributed by atoms with Gasteiger partial charge in [-0.2, -0.15) is 0 Å². The lowest BCUT2D eigenvalue weighted by atomic mass is 9.94. The molecule has 10 heteroatoms. The molecule has 1 heterocycles. The summed E-state index contributed by atoms with van der Waals surface area (Å²) in [5.74, 6) is 0.0662. The molecule has 0 fully saturated rings. The fraction of sp³-hybridized carbons (Fsp3) is 0.652. The number of hydrogen-bond donors (Lipinski definition) is 3. The minimum Gasteiger partial charge on any atom is -0.487 e. The van der Waals surface area contributed by atoms with Gasteiger partial charge in [-0.05, 0) is 84.9 Å². The smallest absolute Gasteiger partial charge is 0.323 e. The fourth-order valence-electron chi connectivity index (χ4n) is 3.87. The number of nitrogens with one attached hydrogen (secondary N) is 1. The molecular weight excluding hydrogens is 444 g/mol. The van der Waals surface area contributed by atoms with E-state index in [1.165, 1.54) is 0 Å². The van der Waals surface area contributed by atoms with Gasteiger partial charge >= 0.3 is 5.97 Å². The number of nitrogens with two attached hydrogens (primary N) is 2. The normalized spacial score (nSPS) is 16.7. The van der Waals surface area contributed by atoms with Crippen molar-refractivity contribution < 1.29 is 22.7 Å². The molecule has 1 aromatic carbocycles. The van der Waals surface area contributed by atoms with Crippen molar-refractivity contribution in [2.45, 2.75) is 96.8 Å². The molecule has 1 aromatic rings. The summed E-state index contributed by atoms with van der Waals surface area (Å²) in [4.78, 5) is 16.2. The van der Waals surface area contributed by atoms with Crippen LogP contribution in [0.5, 0.6) is 5.75 Å². The Morgan fingerprint density at radius 2 is 1.82 bits per heavy atom. The SMILES string of the molecule is Cc1c(C)c(S(=O)(=O)NC(N)=NCCCC(N)C(=O)OC(C)(C)C)c(C)c2c1OC(C)(C)C2. The van der Waals surface area contributed by atoms with E-state index in [9.17, 15) is 13.2 Å². The van der Waals surface area contributed by atoms with Gasteiger partial charge in [0.05, 0.1) is 4.90 Å². The molecule has 0 bridgehead atoms. The Labute approximate surface area is 197 Å². The predicted octanol–water partition coefficient (Wildman–Crippen LogP) is 2.37. The van der Waals surface area contributed by atoms with Gasteiger partial charge in [0.25, 0.3) is 10.0 Å². The summed E-state index contributed by atoms with van der Waals surface area (Å²) in [6, 6.07) is -0.775. The second kappa shape index (κ2) is 9.50. The molecule has 0 aliphatic carbocycles. The first-order valence-electron chi connectivity index (χ1n) is 11.1. The predicted molar refractivity (Wildman–Crippen MR) is 129 cm³/mol. The van der Waals surface area contributed by atoms with Crippen LogP contribution in [-0.2, 0) is 26.0 Å².